The quantitative estimate of drug-likeness (QED) is 0.383. The first-order valence-corrected chi connectivity index (χ1v) is 13.0. The van der Waals surface area contributed by atoms with Gasteiger partial charge >= 0.3 is 5.69 Å². The number of H-pyrrole nitrogens is 1. The normalized spacial score (nSPS) is 20.1. The first-order chi connectivity index (χ1) is 16.8. The highest BCUT2D eigenvalue weighted by molar-refractivity contribution is 5.73. The van der Waals surface area contributed by atoms with Crippen LogP contribution in [0.5, 0.6) is 0 Å². The number of nitrogens with one attached hydrogen (secondary N) is 1. The lowest BCUT2D eigenvalue weighted by atomic mass is 9.66. The van der Waals surface area contributed by atoms with Crippen molar-refractivity contribution in [1.82, 2.24) is 19.4 Å². The average Bonchev–Trinajstić information content (AvgIpc) is 3.14. The van der Waals surface area contributed by atoms with Crippen molar-refractivity contribution in [2.24, 2.45) is 5.92 Å². The van der Waals surface area contributed by atoms with Crippen molar-refractivity contribution in [2.75, 3.05) is 20.1 Å². The molecule has 2 atom stereocenters. The lowest BCUT2D eigenvalue weighted by molar-refractivity contribution is -0.0301. The molecule has 4 rings (SSSR count). The summed E-state index contributed by atoms with van der Waals surface area (Å²) in [5, 5.41) is 11.6. The fourth-order valence-electron chi connectivity index (χ4n) is 5.87. The molecule has 0 saturated carbocycles. The van der Waals surface area contributed by atoms with E-state index in [2.05, 4.69) is 35.8 Å². The number of aryl methyl sites for hydroxylation is 2. The number of hydrogen-bond donors (Lipinski definition) is 2. The first kappa shape index (κ1) is 25.6. The van der Waals surface area contributed by atoms with Crippen LogP contribution in [0.25, 0.3) is 11.0 Å². The molecule has 0 saturated heterocycles. The lowest BCUT2D eigenvalue weighted by Gasteiger charge is -2.44. The summed E-state index contributed by atoms with van der Waals surface area (Å²) >= 11 is 0. The van der Waals surface area contributed by atoms with Gasteiger partial charge in [0.1, 0.15) is 5.82 Å². The second-order valence-electron chi connectivity index (χ2n) is 10.6. The van der Waals surface area contributed by atoms with Crippen LogP contribution in [-0.4, -0.2) is 50.3 Å². The Morgan fingerprint density at radius 1 is 1.23 bits per heavy atom. The van der Waals surface area contributed by atoms with E-state index in [0.29, 0.717) is 13.0 Å². The zero-order chi connectivity index (χ0) is 25.0. The summed E-state index contributed by atoms with van der Waals surface area (Å²) in [7, 11) is 2.12. The third-order valence-corrected chi connectivity index (χ3v) is 7.69. The third-order valence-electron chi connectivity index (χ3n) is 7.69. The molecular formula is C28H39FN4O2. The highest BCUT2D eigenvalue weighted by Gasteiger charge is 2.43. The van der Waals surface area contributed by atoms with Gasteiger partial charge in [0.05, 0.1) is 22.8 Å². The van der Waals surface area contributed by atoms with Crippen LogP contribution in [0.15, 0.2) is 41.5 Å². The zero-order valence-corrected chi connectivity index (χ0v) is 21.3. The Balaban J connectivity index is 1.21. The number of halogens is 1. The predicted octanol–water partition coefficient (Wildman–Crippen LogP) is 4.86. The van der Waals surface area contributed by atoms with E-state index >= 15 is 0 Å². The van der Waals surface area contributed by atoms with Crippen molar-refractivity contribution in [3.63, 3.8) is 0 Å². The number of benzene rings is 1. The van der Waals surface area contributed by atoms with Gasteiger partial charge in [0.2, 0.25) is 0 Å². The molecule has 7 heteroatoms. The van der Waals surface area contributed by atoms with Gasteiger partial charge in [0.15, 0.2) is 0 Å². The smallest absolute Gasteiger partial charge is 0.326 e. The number of aromatic amines is 1. The van der Waals surface area contributed by atoms with Crippen LogP contribution >= 0.6 is 0 Å². The number of unbranched alkanes of at least 4 members (excludes halogenated alkanes) is 3. The molecule has 0 unspecified atom stereocenters. The molecule has 0 spiro atoms. The van der Waals surface area contributed by atoms with E-state index < -0.39 is 5.60 Å². The molecule has 0 amide bonds. The summed E-state index contributed by atoms with van der Waals surface area (Å²) in [6.45, 7) is 6.84. The summed E-state index contributed by atoms with van der Waals surface area (Å²) in [5.74, 6) is 0.126. The average molecular weight is 483 g/mol. The Bertz CT molecular complexity index is 1190. The summed E-state index contributed by atoms with van der Waals surface area (Å²) in [4.78, 5) is 21.5. The van der Waals surface area contributed by atoms with Gasteiger partial charge in [0, 0.05) is 25.2 Å². The molecule has 2 heterocycles. The van der Waals surface area contributed by atoms with Crippen LogP contribution in [0.2, 0.25) is 0 Å². The molecular weight excluding hydrogens is 443 g/mol. The van der Waals surface area contributed by atoms with Crippen molar-refractivity contribution in [1.29, 1.82) is 0 Å². The van der Waals surface area contributed by atoms with Gasteiger partial charge < -0.3 is 15.0 Å². The fourth-order valence-corrected chi connectivity index (χ4v) is 5.87. The van der Waals surface area contributed by atoms with Crippen LogP contribution in [0.3, 0.4) is 0 Å². The standard InChI is InChI=1S/C28H39FN4O2/c1-20(2)26-23-9-8-22(29)18-21(23)10-12-28(26,35)13-17-32(3)15-6-4-5-7-16-33-25-19-30-14-11-24(25)31-27(33)34/h8-9,11,14,18-20,26,35H,4-7,10,12-13,15-17H2,1-3H3,(H,31,34)/t26-,28-/m0/s1. The Morgan fingerprint density at radius 2 is 2.03 bits per heavy atom. The molecule has 1 aliphatic rings. The summed E-state index contributed by atoms with van der Waals surface area (Å²) in [5.41, 5.74) is 3.04. The maximum atomic E-state index is 13.7. The Kier molecular flexibility index (Phi) is 8.07. The minimum atomic E-state index is -0.755. The van der Waals surface area contributed by atoms with Crippen molar-refractivity contribution >= 4 is 11.0 Å². The highest BCUT2D eigenvalue weighted by atomic mass is 19.1. The molecule has 3 aromatic rings. The maximum Gasteiger partial charge on any atom is 0.326 e. The van der Waals surface area contributed by atoms with E-state index in [1.807, 2.05) is 12.1 Å². The lowest BCUT2D eigenvalue weighted by Crippen LogP contribution is -2.45. The predicted molar refractivity (Wildman–Crippen MR) is 138 cm³/mol. The van der Waals surface area contributed by atoms with E-state index in [-0.39, 0.29) is 23.3 Å². The Morgan fingerprint density at radius 3 is 2.83 bits per heavy atom. The number of fused-ring (bicyclic) bond motifs is 2. The second-order valence-corrected chi connectivity index (χ2v) is 10.6. The number of pyridine rings is 1. The molecule has 1 aliphatic carbocycles. The minimum absolute atomic E-state index is 0.0309. The van der Waals surface area contributed by atoms with Crippen molar-refractivity contribution < 1.29 is 9.50 Å². The molecule has 1 aromatic carbocycles. The van der Waals surface area contributed by atoms with Gasteiger partial charge in [0.25, 0.3) is 0 Å². The number of hydrogen-bond acceptors (Lipinski definition) is 4. The van der Waals surface area contributed by atoms with Crippen LogP contribution < -0.4 is 5.69 Å². The third kappa shape index (κ3) is 5.84. The van der Waals surface area contributed by atoms with Crippen molar-refractivity contribution in [2.45, 2.75) is 76.9 Å². The SMILES string of the molecule is CC(C)[C@H]1c2ccc(F)cc2CC[C@]1(O)CCN(C)CCCCCCn1c(=O)[nH]c2ccncc21. The molecule has 2 N–H and O–H groups in total. The minimum Gasteiger partial charge on any atom is -0.389 e. The molecule has 2 aromatic heterocycles. The molecule has 35 heavy (non-hydrogen) atoms. The number of aromatic nitrogens is 3. The molecule has 0 radical (unpaired) electrons. The van der Waals surface area contributed by atoms with Crippen LogP contribution in [0.1, 0.15) is 69.4 Å². The molecule has 190 valence electrons. The topological polar surface area (TPSA) is 74.2 Å². The van der Waals surface area contributed by atoms with E-state index in [1.165, 1.54) is 6.07 Å². The second kappa shape index (κ2) is 11.0. The highest BCUT2D eigenvalue weighted by Crippen LogP contribution is 2.45. The summed E-state index contributed by atoms with van der Waals surface area (Å²) < 4.78 is 15.5. The summed E-state index contributed by atoms with van der Waals surface area (Å²) in [6.07, 6.45) is 9.79. The van der Waals surface area contributed by atoms with E-state index in [0.717, 1.165) is 73.8 Å². The van der Waals surface area contributed by atoms with E-state index in [9.17, 15) is 14.3 Å². The fraction of sp³-hybridized carbons (Fsp3) is 0.571. The number of nitrogens with zero attached hydrogens (tertiary/aromatic N) is 3. The van der Waals surface area contributed by atoms with Crippen LogP contribution in [0, 0.1) is 11.7 Å². The zero-order valence-electron chi connectivity index (χ0n) is 21.3. The van der Waals surface area contributed by atoms with Gasteiger partial charge in [-0.05, 0) is 80.9 Å². The van der Waals surface area contributed by atoms with Crippen LogP contribution in [0.4, 0.5) is 4.39 Å². The largest absolute Gasteiger partial charge is 0.389 e. The molecule has 0 fully saturated rings. The maximum absolute atomic E-state index is 13.7. The van der Waals surface area contributed by atoms with Gasteiger partial charge in [-0.1, -0.05) is 32.8 Å². The van der Waals surface area contributed by atoms with Gasteiger partial charge in [-0.15, -0.1) is 0 Å². The van der Waals surface area contributed by atoms with Gasteiger partial charge in [-0.25, -0.2) is 9.18 Å². The van der Waals surface area contributed by atoms with E-state index in [1.54, 1.807) is 23.0 Å². The van der Waals surface area contributed by atoms with Crippen LogP contribution in [-0.2, 0) is 13.0 Å². The Hall–Kier alpha value is -2.51. The number of aliphatic hydroxyl groups is 1. The van der Waals surface area contributed by atoms with Crippen molar-refractivity contribution in [3.8, 4) is 0 Å². The number of rotatable bonds is 11. The summed E-state index contributed by atoms with van der Waals surface area (Å²) in [6, 6.07) is 6.87. The Labute approximate surface area is 207 Å². The van der Waals surface area contributed by atoms with Crippen molar-refractivity contribution in [3.05, 3.63) is 64.1 Å². The molecule has 0 bridgehead atoms. The molecule has 0 aliphatic heterocycles. The monoisotopic (exact) mass is 482 g/mol. The molecule has 6 nitrogen and oxygen atoms in total. The number of imidazole rings is 1. The van der Waals surface area contributed by atoms with E-state index in [4.69, 9.17) is 0 Å². The first-order valence-electron chi connectivity index (χ1n) is 13.0. The van der Waals surface area contributed by atoms with Gasteiger partial charge in [-0.3, -0.25) is 9.55 Å². The van der Waals surface area contributed by atoms with Gasteiger partial charge in [-0.2, -0.15) is 0 Å².